The molecule has 0 aliphatic heterocycles. The molecule has 0 aliphatic carbocycles. The van der Waals surface area contributed by atoms with Gasteiger partial charge in [-0.3, -0.25) is 0 Å². The molecule has 0 aromatic rings. The van der Waals surface area contributed by atoms with Crippen LogP contribution in [0.3, 0.4) is 0 Å². The number of rotatable bonds is 9. The molecule has 0 aromatic heterocycles. The van der Waals surface area contributed by atoms with Crippen molar-refractivity contribution in [2.45, 2.75) is 63.0 Å². The first-order chi connectivity index (χ1) is 9.44. The number of esters is 1. The average molecular weight is 338 g/mol. The maximum absolute atomic E-state index is 13.7. The zero-order valence-corrected chi connectivity index (χ0v) is 16.0. The van der Waals surface area contributed by atoms with Gasteiger partial charge >= 0.3 is 130 Å². The van der Waals surface area contributed by atoms with Crippen molar-refractivity contribution in [3.8, 4) is 0 Å². The van der Waals surface area contributed by atoms with E-state index in [1.54, 1.807) is 6.92 Å². The van der Waals surface area contributed by atoms with Crippen LogP contribution in [0, 0.1) is 0 Å². The monoisotopic (exact) mass is 338 g/mol. The van der Waals surface area contributed by atoms with Crippen molar-refractivity contribution < 1.29 is 35.5 Å². The average Bonchev–Trinajstić information content (AvgIpc) is 2.33. The van der Waals surface area contributed by atoms with E-state index in [9.17, 15) is 8.12 Å². The van der Waals surface area contributed by atoms with E-state index in [1.165, 1.54) is 0 Å². The molecule has 0 rings (SSSR count). The van der Waals surface area contributed by atoms with Crippen molar-refractivity contribution in [3.63, 3.8) is 0 Å². The van der Waals surface area contributed by atoms with Crippen LogP contribution >= 0.6 is 0 Å². The third kappa shape index (κ3) is 5.10. The molecule has 0 amide bonds. The molecule has 5 nitrogen and oxygen atoms in total. The van der Waals surface area contributed by atoms with Crippen molar-refractivity contribution in [2.75, 3.05) is 13.2 Å². The summed E-state index contributed by atoms with van der Waals surface area (Å²) in [5.74, 6) is -0.476. The molecule has 0 saturated heterocycles. The summed E-state index contributed by atoms with van der Waals surface area (Å²) in [5, 5.41) is 0. The quantitative estimate of drug-likeness (QED) is 0.274. The van der Waals surface area contributed by atoms with Gasteiger partial charge in [0, 0.05) is 0 Å². The molecule has 0 saturated carbocycles. The SMILES string of the molecule is C=C(C)C(=O)OCC[O][Ti](=[O])([O]C(C)C)([CH](C)C)[CH](C)C. The van der Waals surface area contributed by atoms with Gasteiger partial charge in [-0.15, -0.1) is 0 Å². The van der Waals surface area contributed by atoms with E-state index in [-0.39, 0.29) is 27.8 Å². The van der Waals surface area contributed by atoms with Gasteiger partial charge in [-0.25, -0.2) is 0 Å². The molecule has 0 fully saturated rings. The summed E-state index contributed by atoms with van der Waals surface area (Å²) >= 11 is -4.86. The second kappa shape index (κ2) is 7.77. The molecule has 124 valence electrons. The zero-order valence-electron chi connectivity index (χ0n) is 14.4. The number of carbonyl (C=O) groups is 1. The molecule has 0 bridgehead atoms. The third-order valence-corrected chi connectivity index (χ3v) is 12.8. The van der Waals surface area contributed by atoms with E-state index in [1.807, 2.05) is 41.5 Å². The fraction of sp³-hybridized carbons (Fsp3) is 0.800. The molecular weight excluding hydrogens is 308 g/mol. The van der Waals surface area contributed by atoms with Gasteiger partial charge in [-0.1, -0.05) is 0 Å². The summed E-state index contributed by atoms with van der Waals surface area (Å²) in [7, 11) is 0. The Hall–Kier alpha value is -0.356. The van der Waals surface area contributed by atoms with Gasteiger partial charge in [0.15, 0.2) is 0 Å². The van der Waals surface area contributed by atoms with E-state index in [4.69, 9.17) is 11.4 Å². The summed E-state index contributed by atoms with van der Waals surface area (Å²) in [6, 6.07) is 0. The molecule has 0 aromatic carbocycles. The second-order valence-electron chi connectivity index (χ2n) is 6.36. The fourth-order valence-corrected chi connectivity index (χ4v) is 8.56. The van der Waals surface area contributed by atoms with E-state index < -0.39 is 22.0 Å². The number of ether oxygens (including phenoxy) is 1. The number of carbonyl (C=O) groups excluding carboxylic acids is 1. The van der Waals surface area contributed by atoms with Crippen LogP contribution in [0.5, 0.6) is 0 Å². The summed E-state index contributed by atoms with van der Waals surface area (Å²) in [5.41, 5.74) is 0.325. The first-order valence-corrected chi connectivity index (χ1v) is 11.2. The van der Waals surface area contributed by atoms with Crippen molar-refractivity contribution in [2.24, 2.45) is 0 Å². The Morgan fingerprint density at radius 3 is 1.86 bits per heavy atom. The molecule has 0 aliphatic rings. The Morgan fingerprint density at radius 1 is 1.05 bits per heavy atom. The van der Waals surface area contributed by atoms with Crippen LogP contribution in [-0.2, 0) is 35.5 Å². The van der Waals surface area contributed by atoms with E-state index in [2.05, 4.69) is 6.58 Å². The molecule has 0 N–H and O–H groups in total. The van der Waals surface area contributed by atoms with Crippen LogP contribution < -0.4 is 0 Å². The van der Waals surface area contributed by atoms with Crippen LogP contribution in [0.1, 0.15) is 48.5 Å². The molecule has 6 heteroatoms. The molecular formula is C15H30O5Ti. The van der Waals surface area contributed by atoms with Crippen LogP contribution in [0.25, 0.3) is 0 Å². The van der Waals surface area contributed by atoms with Crippen LogP contribution in [0.4, 0.5) is 0 Å². The van der Waals surface area contributed by atoms with Crippen LogP contribution in [-0.4, -0.2) is 25.3 Å². The Labute approximate surface area is 130 Å². The van der Waals surface area contributed by atoms with E-state index in [0.717, 1.165) is 0 Å². The van der Waals surface area contributed by atoms with E-state index in [0.29, 0.717) is 5.57 Å². The third-order valence-electron chi connectivity index (χ3n) is 3.60. The Bertz CT molecular complexity index is 425. The molecule has 21 heavy (non-hydrogen) atoms. The Balaban J connectivity index is 4.98. The number of hydrogen-bond donors (Lipinski definition) is 0. The van der Waals surface area contributed by atoms with Crippen molar-refractivity contribution in [1.29, 1.82) is 0 Å². The van der Waals surface area contributed by atoms with Crippen molar-refractivity contribution in [1.82, 2.24) is 0 Å². The summed E-state index contributed by atoms with van der Waals surface area (Å²) in [4.78, 5) is 11.3. The Kier molecular flexibility index (Phi) is 7.64. The molecule has 0 spiro atoms. The predicted octanol–water partition coefficient (Wildman–Crippen LogP) is 4.07. The second-order valence-corrected chi connectivity index (χ2v) is 14.3. The van der Waals surface area contributed by atoms with Gasteiger partial charge in [-0.05, 0) is 0 Å². The normalized spacial score (nSPS) is 13.1. The first kappa shape index (κ1) is 20.6. The summed E-state index contributed by atoms with van der Waals surface area (Å²) in [6.07, 6.45) is -0.192. The molecule has 0 atom stereocenters. The first-order valence-electron chi connectivity index (χ1n) is 7.48. The van der Waals surface area contributed by atoms with E-state index >= 15 is 0 Å². The van der Waals surface area contributed by atoms with Gasteiger partial charge in [-0.2, -0.15) is 0 Å². The Morgan fingerprint density at radius 2 is 1.52 bits per heavy atom. The zero-order chi connectivity index (χ0) is 16.9. The number of hydrogen-bond acceptors (Lipinski definition) is 5. The summed E-state index contributed by atoms with van der Waals surface area (Å²) in [6.45, 7) is 16.3. The van der Waals surface area contributed by atoms with Gasteiger partial charge < -0.3 is 0 Å². The fourth-order valence-electron chi connectivity index (χ4n) is 2.27. The standard InChI is InChI=1S/C6H9O3.C3H7O.2C3H7.O.Ti/c1-5(2)6(8)9-4-3-7;1-3(2)4;2*1-3-2;;/h1,3-4H2,2H3;3H,1-2H3;2*3H,1-2H3;;/q2*-1;;;;+2. The van der Waals surface area contributed by atoms with Gasteiger partial charge in [0.1, 0.15) is 0 Å². The topological polar surface area (TPSA) is 61.8 Å². The van der Waals surface area contributed by atoms with Gasteiger partial charge in [0.2, 0.25) is 0 Å². The molecule has 0 heterocycles. The minimum atomic E-state index is -4.86. The van der Waals surface area contributed by atoms with Crippen LogP contribution in [0.2, 0.25) is 8.45 Å². The van der Waals surface area contributed by atoms with Crippen molar-refractivity contribution >= 4 is 5.97 Å². The predicted molar refractivity (Wildman–Crippen MR) is 78.8 cm³/mol. The molecule has 0 radical (unpaired) electrons. The van der Waals surface area contributed by atoms with Crippen molar-refractivity contribution in [3.05, 3.63) is 12.2 Å². The summed E-state index contributed by atoms with van der Waals surface area (Å²) < 4.78 is 29.8. The van der Waals surface area contributed by atoms with Gasteiger partial charge in [0.05, 0.1) is 0 Å². The molecule has 0 unspecified atom stereocenters. The maximum atomic E-state index is 13.7. The van der Waals surface area contributed by atoms with Crippen LogP contribution in [0.15, 0.2) is 12.2 Å². The minimum absolute atomic E-state index is 0.0358. The van der Waals surface area contributed by atoms with Gasteiger partial charge in [0.25, 0.3) is 0 Å².